The molecule has 9 aromatic carbocycles. The highest BCUT2D eigenvalue weighted by atomic mass is 32.1. The number of fused-ring (bicyclic) bond motifs is 7. The van der Waals surface area contributed by atoms with Crippen LogP contribution in [0.5, 0.6) is 0 Å². The summed E-state index contributed by atoms with van der Waals surface area (Å²) in [7, 11) is 0. The van der Waals surface area contributed by atoms with Gasteiger partial charge in [0.2, 0.25) is 0 Å². The quantitative estimate of drug-likeness (QED) is 0.151. The van der Waals surface area contributed by atoms with Gasteiger partial charge in [0.1, 0.15) is 5.82 Å². The van der Waals surface area contributed by atoms with E-state index >= 15 is 0 Å². The molecule has 13 rings (SSSR count). The van der Waals surface area contributed by atoms with Gasteiger partial charge in [-0.2, -0.15) is 0 Å². The topological polar surface area (TPSA) is 11.4 Å². The van der Waals surface area contributed by atoms with E-state index in [1.807, 2.05) is 11.3 Å². The molecule has 0 atom stereocenters. The number of benzene rings is 9. The van der Waals surface area contributed by atoms with E-state index in [1.165, 1.54) is 87.2 Å². The molecule has 0 N–H and O–H groups in total. The van der Waals surface area contributed by atoms with Crippen molar-refractivity contribution in [2.24, 2.45) is 0 Å². The third-order valence-electron chi connectivity index (χ3n) is 14.3. The maximum absolute atomic E-state index is 2.54. The molecule has 320 valence electrons. The molecule has 3 nitrogen and oxygen atoms in total. The Labute approximate surface area is 396 Å². The average molecular weight is 878 g/mol. The summed E-state index contributed by atoms with van der Waals surface area (Å²) in [5.74, 6) is 1.06. The van der Waals surface area contributed by atoms with Crippen LogP contribution < -0.4 is 9.80 Å². The van der Waals surface area contributed by atoms with Gasteiger partial charge in [-0.25, -0.2) is 0 Å². The number of thiophene rings is 1. The van der Waals surface area contributed by atoms with Crippen molar-refractivity contribution in [3.63, 3.8) is 0 Å². The van der Waals surface area contributed by atoms with Crippen LogP contribution in [0.1, 0.15) is 30.5 Å². The largest absolute Gasteiger partial charge is 0.340 e. The molecule has 2 aromatic heterocycles. The highest BCUT2D eigenvalue weighted by Crippen LogP contribution is 2.57. The number of hydrogen-bond acceptors (Lipinski definition) is 3. The summed E-state index contributed by atoms with van der Waals surface area (Å²) < 4.78 is 5.07. The summed E-state index contributed by atoms with van der Waals surface area (Å²) in [5, 5.41) is 2.61. The summed E-state index contributed by atoms with van der Waals surface area (Å²) in [4.78, 5) is 5.04. The molecule has 11 aromatic rings. The Balaban J connectivity index is 1.08. The van der Waals surface area contributed by atoms with Gasteiger partial charge in [0.05, 0.1) is 11.4 Å². The van der Waals surface area contributed by atoms with E-state index < -0.39 is 0 Å². The first-order valence-corrected chi connectivity index (χ1v) is 24.2. The van der Waals surface area contributed by atoms with Gasteiger partial charge in [-0.1, -0.05) is 166 Å². The minimum Gasteiger partial charge on any atom is -0.340 e. The second-order valence-corrected chi connectivity index (χ2v) is 19.5. The third-order valence-corrected chi connectivity index (χ3v) is 15.4. The van der Waals surface area contributed by atoms with Crippen LogP contribution in [0.3, 0.4) is 0 Å². The molecular weight excluding hydrogens is 831 g/mol. The highest BCUT2D eigenvalue weighted by Gasteiger charge is 2.39. The molecule has 0 saturated carbocycles. The average Bonchev–Trinajstić information content (AvgIpc) is 4.17. The monoisotopic (exact) mass is 877 g/mol. The van der Waals surface area contributed by atoms with Crippen LogP contribution in [-0.4, -0.2) is 11.1 Å². The Morgan fingerprint density at radius 2 is 1.12 bits per heavy atom. The summed E-state index contributed by atoms with van der Waals surface area (Å²) in [5.41, 5.74) is 19.5. The maximum atomic E-state index is 2.54. The van der Waals surface area contributed by atoms with Gasteiger partial charge in [0.25, 0.3) is 0 Å². The second kappa shape index (κ2) is 15.6. The normalized spacial score (nSPS) is 13.5. The van der Waals surface area contributed by atoms with Gasteiger partial charge in [-0.15, -0.1) is 11.3 Å². The van der Waals surface area contributed by atoms with Crippen LogP contribution >= 0.6 is 11.3 Å². The van der Waals surface area contributed by atoms with Crippen molar-refractivity contribution in [1.29, 1.82) is 0 Å². The van der Waals surface area contributed by atoms with Crippen LogP contribution in [0.25, 0.3) is 70.5 Å². The Morgan fingerprint density at radius 3 is 1.93 bits per heavy atom. The minimum atomic E-state index is -0.247. The molecule has 0 amide bonds. The predicted molar refractivity (Wildman–Crippen MR) is 284 cm³/mol. The van der Waals surface area contributed by atoms with Crippen molar-refractivity contribution < 1.29 is 0 Å². The third kappa shape index (κ3) is 6.39. The van der Waals surface area contributed by atoms with Crippen molar-refractivity contribution in [3.8, 4) is 50.3 Å². The van der Waals surface area contributed by atoms with E-state index in [0.29, 0.717) is 0 Å². The second-order valence-electron chi connectivity index (χ2n) is 18.4. The molecule has 67 heavy (non-hydrogen) atoms. The van der Waals surface area contributed by atoms with Crippen molar-refractivity contribution >= 4 is 60.1 Å². The zero-order chi connectivity index (χ0) is 44.6. The van der Waals surface area contributed by atoms with Crippen LogP contribution in [0.2, 0.25) is 0 Å². The molecule has 1 aliphatic carbocycles. The number of aromatic nitrogens is 1. The lowest BCUT2D eigenvalue weighted by atomic mass is 9.81. The number of rotatable bonds is 8. The van der Waals surface area contributed by atoms with E-state index in [1.54, 1.807) is 0 Å². The lowest BCUT2D eigenvalue weighted by Crippen LogP contribution is -2.18. The first-order valence-electron chi connectivity index (χ1n) is 23.4. The summed E-state index contributed by atoms with van der Waals surface area (Å²) in [6.45, 7) is 5.76. The first kappa shape index (κ1) is 39.4. The standard InChI is InChI=1S/C63H47N3S/c1-63(2)55-27-14-12-25-53(55)61-54(52-26-16-19-44-37-38-64(62(44)52)46-20-8-4-9-21-46)40-49(41-56(61)63)65(48-32-29-43(30-33-48)42-17-6-3-7-18-42)60-36-35-57(66(60)47-22-10-5-11-23-47)45-31-34-51-50-24-13-15-28-58(50)67-59(51)39-45/h3-36,39-41H,37-38H2,1-2H3. The molecule has 3 heterocycles. The maximum Gasteiger partial charge on any atom is 0.122 e. The van der Waals surface area contributed by atoms with Crippen LogP contribution in [0, 0.1) is 0 Å². The molecule has 0 fully saturated rings. The van der Waals surface area contributed by atoms with E-state index in [0.717, 1.165) is 41.5 Å². The highest BCUT2D eigenvalue weighted by molar-refractivity contribution is 7.25. The Kier molecular flexibility index (Phi) is 9.19. The lowest BCUT2D eigenvalue weighted by molar-refractivity contribution is 0.660. The van der Waals surface area contributed by atoms with E-state index in [2.05, 4.69) is 253 Å². The number of para-hydroxylation sites is 3. The van der Waals surface area contributed by atoms with Gasteiger partial charge < -0.3 is 4.90 Å². The van der Waals surface area contributed by atoms with Crippen molar-refractivity contribution in [1.82, 2.24) is 4.57 Å². The summed E-state index contributed by atoms with van der Waals surface area (Å²) in [6.07, 6.45) is 1.00. The Bertz CT molecular complexity index is 3660. The SMILES string of the molecule is CC1(C)c2ccccc2-c2c(-c3cccc4c3N(c3ccccc3)CC4)cc(N(c3ccc(-c4ccccc4)cc3)c3ccc(-c4ccc5c(c4)sc4ccccc45)n3-c3ccccc3)cc21. The van der Waals surface area contributed by atoms with Crippen molar-refractivity contribution in [2.75, 3.05) is 16.3 Å². The minimum absolute atomic E-state index is 0.247. The smallest absolute Gasteiger partial charge is 0.122 e. The fourth-order valence-corrected chi connectivity index (χ4v) is 12.2. The van der Waals surface area contributed by atoms with Gasteiger partial charge in [0, 0.05) is 66.0 Å². The van der Waals surface area contributed by atoms with Crippen LogP contribution in [0.15, 0.2) is 224 Å². The van der Waals surface area contributed by atoms with E-state index in [-0.39, 0.29) is 5.41 Å². The van der Waals surface area contributed by atoms with Crippen LogP contribution in [0.4, 0.5) is 28.6 Å². The summed E-state index contributed by atoms with van der Waals surface area (Å²) in [6, 6.07) is 83.1. The number of anilines is 5. The molecular formula is C63H47N3S. The zero-order valence-electron chi connectivity index (χ0n) is 37.5. The van der Waals surface area contributed by atoms with Gasteiger partial charge in [-0.3, -0.25) is 9.47 Å². The molecule has 0 saturated heterocycles. The fourth-order valence-electron chi connectivity index (χ4n) is 11.1. The van der Waals surface area contributed by atoms with Crippen molar-refractivity contribution in [2.45, 2.75) is 25.7 Å². The van der Waals surface area contributed by atoms with Crippen molar-refractivity contribution in [3.05, 3.63) is 241 Å². The lowest BCUT2D eigenvalue weighted by Gasteiger charge is -2.31. The Morgan fingerprint density at radius 1 is 0.463 bits per heavy atom. The zero-order valence-corrected chi connectivity index (χ0v) is 38.3. The Hall–Kier alpha value is -7.92. The van der Waals surface area contributed by atoms with Crippen LogP contribution in [-0.2, 0) is 11.8 Å². The molecule has 0 spiro atoms. The van der Waals surface area contributed by atoms with E-state index in [4.69, 9.17) is 0 Å². The summed E-state index contributed by atoms with van der Waals surface area (Å²) >= 11 is 1.87. The van der Waals surface area contributed by atoms with E-state index in [9.17, 15) is 0 Å². The molecule has 1 aliphatic heterocycles. The molecule has 2 aliphatic rings. The molecule has 0 unspecified atom stereocenters. The molecule has 0 radical (unpaired) electrons. The molecule has 0 bridgehead atoms. The van der Waals surface area contributed by atoms with Gasteiger partial charge in [0.15, 0.2) is 0 Å². The number of nitrogens with zero attached hydrogens (tertiary/aromatic N) is 3. The fraction of sp³-hybridized carbons (Fsp3) is 0.0794. The van der Waals surface area contributed by atoms with Gasteiger partial charge in [-0.05, 0) is 124 Å². The van der Waals surface area contributed by atoms with Gasteiger partial charge >= 0.3 is 0 Å². The number of hydrogen-bond donors (Lipinski definition) is 0. The predicted octanol–water partition coefficient (Wildman–Crippen LogP) is 17.3. The molecule has 4 heteroatoms. The first-order chi connectivity index (χ1) is 33.0.